The molecule has 0 aromatic heterocycles. The lowest BCUT2D eigenvalue weighted by Crippen LogP contribution is -2.54. The van der Waals surface area contributed by atoms with Crippen molar-refractivity contribution in [2.24, 2.45) is 52.3 Å². The van der Waals surface area contributed by atoms with E-state index in [1.54, 1.807) is 0 Å². The fourth-order valence-corrected chi connectivity index (χ4v) is 9.18. The van der Waals surface area contributed by atoms with E-state index >= 15 is 0 Å². The number of fused-ring (bicyclic) bond motifs is 5. The van der Waals surface area contributed by atoms with Gasteiger partial charge in [-0.2, -0.15) is 0 Å². The summed E-state index contributed by atoms with van der Waals surface area (Å²) in [4.78, 5) is 0. The molecule has 2 heteroatoms. The first kappa shape index (κ1) is 22.1. The lowest BCUT2D eigenvalue weighted by molar-refractivity contribution is -0.129. The minimum Gasteiger partial charge on any atom is -0.393 e. The van der Waals surface area contributed by atoms with E-state index in [4.69, 9.17) is 0 Å². The summed E-state index contributed by atoms with van der Waals surface area (Å²) in [5.74, 6) is 5.51. The zero-order valence-corrected chi connectivity index (χ0v) is 19.9. The van der Waals surface area contributed by atoms with Gasteiger partial charge in [-0.05, 0) is 123 Å². The molecule has 0 radical (unpaired) electrons. The Kier molecular flexibility index (Phi) is 6.19. The van der Waals surface area contributed by atoms with Crippen LogP contribution in [0.15, 0.2) is 0 Å². The van der Waals surface area contributed by atoms with Gasteiger partial charge in [0, 0.05) is 0 Å². The summed E-state index contributed by atoms with van der Waals surface area (Å²) in [6, 6.07) is 0. The fourth-order valence-electron chi connectivity index (χ4n) is 9.18. The van der Waals surface area contributed by atoms with Gasteiger partial charge in [-0.3, -0.25) is 0 Å². The molecule has 0 spiro atoms. The number of hydrogen-bond donors (Lipinski definition) is 2. The van der Waals surface area contributed by atoms with Crippen LogP contribution in [0.3, 0.4) is 0 Å². The van der Waals surface area contributed by atoms with Crippen LogP contribution in [-0.4, -0.2) is 22.4 Å². The zero-order valence-electron chi connectivity index (χ0n) is 19.9. The van der Waals surface area contributed by atoms with Crippen LogP contribution in [0.2, 0.25) is 0 Å². The van der Waals surface area contributed by atoms with Gasteiger partial charge in [-0.25, -0.2) is 0 Å². The molecule has 4 rings (SSSR count). The van der Waals surface area contributed by atoms with Crippen LogP contribution >= 0.6 is 0 Å². The molecule has 0 heterocycles. The highest BCUT2D eigenvalue weighted by Gasteiger charge is 2.60. The summed E-state index contributed by atoms with van der Waals surface area (Å²) < 4.78 is 0. The van der Waals surface area contributed by atoms with Gasteiger partial charge in [0.1, 0.15) is 0 Å². The first-order valence-electron chi connectivity index (χ1n) is 13.0. The van der Waals surface area contributed by atoms with Crippen molar-refractivity contribution >= 4 is 0 Å². The average Bonchev–Trinajstić information content (AvgIpc) is 3.03. The van der Waals surface area contributed by atoms with E-state index in [1.165, 1.54) is 51.4 Å². The molecule has 168 valence electrons. The van der Waals surface area contributed by atoms with Crippen molar-refractivity contribution in [3.63, 3.8) is 0 Å². The minimum atomic E-state index is -0.130. The molecule has 0 aliphatic heterocycles. The molecule has 0 aromatic rings. The van der Waals surface area contributed by atoms with E-state index < -0.39 is 0 Å². The third kappa shape index (κ3) is 3.73. The summed E-state index contributed by atoms with van der Waals surface area (Å²) >= 11 is 0. The summed E-state index contributed by atoms with van der Waals surface area (Å²) in [6.45, 7) is 12.0. The van der Waals surface area contributed by atoms with Crippen molar-refractivity contribution < 1.29 is 10.2 Å². The highest BCUT2D eigenvalue weighted by atomic mass is 16.3. The van der Waals surface area contributed by atoms with Gasteiger partial charge >= 0.3 is 0 Å². The molecule has 0 saturated heterocycles. The summed E-state index contributed by atoms with van der Waals surface area (Å²) in [5.41, 5.74) is 1.02. The van der Waals surface area contributed by atoms with Crippen LogP contribution in [-0.2, 0) is 0 Å². The average molecular weight is 405 g/mol. The monoisotopic (exact) mass is 404 g/mol. The Morgan fingerprint density at radius 3 is 2.24 bits per heavy atom. The maximum absolute atomic E-state index is 10.3. The maximum Gasteiger partial charge on any atom is 0.0563 e. The number of rotatable bonds is 5. The molecule has 3 unspecified atom stereocenters. The largest absolute Gasteiger partial charge is 0.393 e. The Balaban J connectivity index is 1.46. The molecular weight excluding hydrogens is 356 g/mol. The molecular formula is C27H48O2. The lowest BCUT2D eigenvalue weighted by Gasteiger charge is -2.61. The van der Waals surface area contributed by atoms with Crippen molar-refractivity contribution in [3.05, 3.63) is 0 Å². The van der Waals surface area contributed by atoms with Gasteiger partial charge in [-0.15, -0.1) is 0 Å². The van der Waals surface area contributed by atoms with Crippen LogP contribution in [0.4, 0.5) is 0 Å². The zero-order chi connectivity index (χ0) is 21.0. The number of aliphatic hydroxyl groups is 2. The van der Waals surface area contributed by atoms with Gasteiger partial charge in [-0.1, -0.05) is 34.6 Å². The second kappa shape index (κ2) is 8.12. The maximum atomic E-state index is 10.3. The Hall–Kier alpha value is -0.0800. The molecule has 10 atom stereocenters. The molecule has 4 saturated carbocycles. The molecule has 29 heavy (non-hydrogen) atoms. The van der Waals surface area contributed by atoms with Crippen LogP contribution in [0.1, 0.15) is 105 Å². The summed E-state index contributed by atoms with van der Waals surface area (Å²) in [6.07, 6.45) is 13.9. The third-order valence-electron chi connectivity index (χ3n) is 11.1. The van der Waals surface area contributed by atoms with Crippen molar-refractivity contribution in [1.82, 2.24) is 0 Å². The fraction of sp³-hybridized carbons (Fsp3) is 1.00. The lowest BCUT2D eigenvalue weighted by atomic mass is 9.44. The Morgan fingerprint density at radius 2 is 1.52 bits per heavy atom. The van der Waals surface area contributed by atoms with Gasteiger partial charge in [0.2, 0.25) is 0 Å². The topological polar surface area (TPSA) is 40.5 Å². The predicted molar refractivity (Wildman–Crippen MR) is 120 cm³/mol. The summed E-state index contributed by atoms with van der Waals surface area (Å²) in [5, 5.41) is 20.6. The molecule has 0 bridgehead atoms. The van der Waals surface area contributed by atoms with Crippen LogP contribution < -0.4 is 0 Å². The minimum absolute atomic E-state index is 0.0311. The smallest absolute Gasteiger partial charge is 0.0563 e. The van der Waals surface area contributed by atoms with Crippen molar-refractivity contribution in [1.29, 1.82) is 0 Å². The van der Waals surface area contributed by atoms with Gasteiger partial charge in [0.15, 0.2) is 0 Å². The van der Waals surface area contributed by atoms with E-state index in [0.717, 1.165) is 54.8 Å². The molecule has 4 aliphatic rings. The number of aliphatic hydroxyl groups excluding tert-OH is 2. The normalized spacial score (nSPS) is 49.2. The van der Waals surface area contributed by atoms with E-state index in [-0.39, 0.29) is 12.2 Å². The SMILES string of the molecule is CC(C)C(O)CC[C@@H](C)[C@H]1CC[C@H]2[C@@H]3CCC4CC(O)CC[C@]4(C)[C@H]3CC[C@]12C. The van der Waals surface area contributed by atoms with Crippen LogP contribution in [0.5, 0.6) is 0 Å². The second-order valence-electron chi connectivity index (χ2n) is 12.7. The molecule has 0 aromatic carbocycles. The van der Waals surface area contributed by atoms with E-state index in [2.05, 4.69) is 34.6 Å². The summed E-state index contributed by atoms with van der Waals surface area (Å²) in [7, 11) is 0. The second-order valence-corrected chi connectivity index (χ2v) is 12.7. The van der Waals surface area contributed by atoms with Gasteiger partial charge in [0.25, 0.3) is 0 Å². The Morgan fingerprint density at radius 1 is 0.828 bits per heavy atom. The van der Waals surface area contributed by atoms with E-state index in [1.807, 2.05) is 0 Å². The quantitative estimate of drug-likeness (QED) is 0.553. The van der Waals surface area contributed by atoms with Crippen molar-refractivity contribution in [2.75, 3.05) is 0 Å². The van der Waals surface area contributed by atoms with Crippen molar-refractivity contribution in [2.45, 2.75) is 117 Å². The molecule has 2 nitrogen and oxygen atoms in total. The standard InChI is InChI=1S/C27H48O2/c1-17(2)25(29)11-6-18(3)22-9-10-23-21-8-7-19-16-20(28)12-14-26(19,4)24(21)13-15-27(22,23)5/h17-25,28-29H,6-16H2,1-5H3/t18-,19?,20?,21+,22-,23+,24+,25?,26+,27-/m1/s1. The van der Waals surface area contributed by atoms with Crippen LogP contribution in [0, 0.1) is 52.3 Å². The number of hydrogen-bond acceptors (Lipinski definition) is 2. The van der Waals surface area contributed by atoms with Gasteiger partial charge < -0.3 is 10.2 Å². The predicted octanol–water partition coefficient (Wildman–Crippen LogP) is 6.44. The first-order valence-corrected chi connectivity index (χ1v) is 13.0. The van der Waals surface area contributed by atoms with E-state index in [9.17, 15) is 10.2 Å². The highest BCUT2D eigenvalue weighted by molar-refractivity contribution is 5.09. The third-order valence-corrected chi connectivity index (χ3v) is 11.1. The van der Waals surface area contributed by atoms with Crippen LogP contribution in [0.25, 0.3) is 0 Å². The first-order chi connectivity index (χ1) is 13.7. The van der Waals surface area contributed by atoms with Crippen molar-refractivity contribution in [3.8, 4) is 0 Å². The highest BCUT2D eigenvalue weighted by Crippen LogP contribution is 2.68. The van der Waals surface area contributed by atoms with E-state index in [0.29, 0.717) is 16.7 Å². The molecule has 4 aliphatic carbocycles. The van der Waals surface area contributed by atoms with Gasteiger partial charge in [0.05, 0.1) is 12.2 Å². The Bertz CT molecular complexity index is 573. The Labute approximate surface area is 180 Å². The molecule has 4 fully saturated rings. The molecule has 2 N–H and O–H groups in total. The molecule has 0 amide bonds.